The Morgan fingerprint density at radius 2 is 0.400 bits per heavy atom. The van der Waals surface area contributed by atoms with Crippen LogP contribution in [0.4, 0.5) is 0 Å². The zero-order valence-electron chi connectivity index (χ0n) is 38.8. The highest BCUT2D eigenvalue weighted by Crippen LogP contribution is 2.62. The molecule has 1 aliphatic rings. The van der Waals surface area contributed by atoms with Gasteiger partial charge in [-0.15, -0.1) is 0 Å². The van der Waals surface area contributed by atoms with Gasteiger partial charge in [0.2, 0.25) is 54.3 Å². The van der Waals surface area contributed by atoms with Gasteiger partial charge in [-0.2, -0.15) is 0 Å². The molecule has 0 heterocycles. The summed E-state index contributed by atoms with van der Waals surface area (Å²) < 4.78 is 171. The first-order valence-corrected chi connectivity index (χ1v) is 24.9. The lowest BCUT2D eigenvalue weighted by molar-refractivity contribution is -0.230. The van der Waals surface area contributed by atoms with Crippen LogP contribution in [0.1, 0.15) is 55.4 Å². The molecule has 0 unspecified atom stereocenters. The van der Waals surface area contributed by atoms with E-state index in [1.165, 1.54) is 0 Å². The summed E-state index contributed by atoms with van der Waals surface area (Å²) in [5.74, 6) is -8.37. The molecule has 34 nitrogen and oxygen atoms in total. The van der Waals surface area contributed by atoms with E-state index in [4.69, 9.17) is 63.8 Å². The van der Waals surface area contributed by atoms with E-state index < -0.39 is 170 Å². The monoisotopic (exact) mass is 1100 g/mol. The number of phosphoric ester groups is 4. The minimum Gasteiger partial charge on any atom is -0.438 e. The molecule has 1 saturated carbocycles. The molecule has 1 aliphatic carbocycles. The predicted molar refractivity (Wildman–Crippen MR) is 213 cm³/mol. The van der Waals surface area contributed by atoms with Crippen LogP contribution in [0.15, 0.2) is 0 Å². The van der Waals surface area contributed by atoms with Crippen molar-refractivity contribution >= 4 is 79.0 Å². The summed E-state index contributed by atoms with van der Waals surface area (Å²) in [6.45, 7) is -3.26. The zero-order chi connectivity index (χ0) is 53.3. The maximum atomic E-state index is 14.6. The third-order valence-electron chi connectivity index (χ3n) is 7.27. The van der Waals surface area contributed by atoms with E-state index in [0.717, 1.165) is 69.6 Å². The lowest BCUT2D eigenvalue weighted by atomic mass is 9.84. The van der Waals surface area contributed by atoms with E-state index in [2.05, 4.69) is 37.9 Å². The summed E-state index contributed by atoms with van der Waals surface area (Å²) in [4.78, 5) is 93.6. The molecule has 0 amide bonds. The van der Waals surface area contributed by atoms with Crippen LogP contribution < -0.4 is 0 Å². The van der Waals surface area contributed by atoms with Crippen LogP contribution in [0.5, 0.6) is 0 Å². The maximum absolute atomic E-state index is 14.6. The second kappa shape index (κ2) is 31.5. The van der Waals surface area contributed by atoms with Crippen molar-refractivity contribution in [2.45, 2.75) is 92.0 Å². The number of phosphoric acid groups is 4. The fourth-order valence-electron chi connectivity index (χ4n) is 4.52. The molecule has 404 valence electrons. The Morgan fingerprint density at radius 3 is 0.514 bits per heavy atom. The number of hydrogen-bond donors (Lipinski definition) is 0. The van der Waals surface area contributed by atoms with E-state index in [-0.39, 0.29) is 0 Å². The zero-order valence-corrected chi connectivity index (χ0v) is 42.4. The molecule has 0 N–H and O–H groups in total. The van der Waals surface area contributed by atoms with Gasteiger partial charge in [0.1, 0.15) is 36.6 Å². The van der Waals surface area contributed by atoms with E-state index in [1.807, 2.05) is 0 Å². The predicted octanol–water partition coefficient (Wildman–Crippen LogP) is 2.30. The van der Waals surface area contributed by atoms with Crippen molar-refractivity contribution in [2.75, 3.05) is 68.6 Å². The van der Waals surface area contributed by atoms with Crippen LogP contribution in [-0.4, -0.2) is 153 Å². The number of carbonyl (C=O) groups excluding carboxylic acids is 8. The summed E-state index contributed by atoms with van der Waals surface area (Å²) in [5.41, 5.74) is 0. The highest BCUT2D eigenvalue weighted by atomic mass is 31.2. The molecule has 6 atom stereocenters. The summed E-state index contributed by atoms with van der Waals surface area (Å²) in [5, 5.41) is 0. The van der Waals surface area contributed by atoms with Gasteiger partial charge < -0.3 is 47.4 Å². The molecule has 0 aromatic carbocycles. The third-order valence-corrected chi connectivity index (χ3v) is 12.7. The maximum Gasteiger partial charge on any atom is 0.481 e. The summed E-state index contributed by atoms with van der Waals surface area (Å²) >= 11 is 0. The first kappa shape index (κ1) is 64.1. The Morgan fingerprint density at radius 1 is 0.271 bits per heavy atom. The largest absolute Gasteiger partial charge is 0.481 e. The van der Waals surface area contributed by atoms with Crippen molar-refractivity contribution in [3.63, 3.8) is 0 Å². The van der Waals surface area contributed by atoms with Crippen molar-refractivity contribution in [1.29, 1.82) is 0 Å². The van der Waals surface area contributed by atoms with Crippen LogP contribution in [-0.2, 0) is 158 Å². The summed E-state index contributed by atoms with van der Waals surface area (Å²) in [7, 11) is -20.6. The van der Waals surface area contributed by atoms with Gasteiger partial charge in [-0.05, 0) is 0 Å². The van der Waals surface area contributed by atoms with Crippen LogP contribution in [0.25, 0.3) is 0 Å². The number of hydrogen-bond acceptors (Lipinski definition) is 34. The average Bonchev–Trinajstić information content (AvgIpc) is 3.21. The first-order chi connectivity index (χ1) is 32.6. The lowest BCUT2D eigenvalue weighted by Gasteiger charge is -2.49. The molecule has 1 rings (SSSR count). The Balaban J connectivity index is 4.58. The topological polar surface area (TPSA) is 408 Å². The van der Waals surface area contributed by atoms with Crippen molar-refractivity contribution in [3.05, 3.63) is 0 Å². The minimum atomic E-state index is -5.68. The molecule has 0 spiro atoms. The van der Waals surface area contributed by atoms with Gasteiger partial charge in [0.05, 0.1) is 0 Å². The number of ether oxygens (including phenoxy) is 10. The van der Waals surface area contributed by atoms with Crippen LogP contribution in [0, 0.1) is 0 Å². The Bertz CT molecular complexity index is 1730. The fourth-order valence-corrected chi connectivity index (χ4v) is 8.91. The first-order valence-electron chi connectivity index (χ1n) is 19.0. The van der Waals surface area contributed by atoms with Gasteiger partial charge in [-0.3, -0.25) is 56.5 Å². The second-order valence-electron chi connectivity index (χ2n) is 12.5. The van der Waals surface area contributed by atoms with Crippen LogP contribution in [0.2, 0.25) is 0 Å². The normalized spacial score (nSPS) is 19.5. The lowest BCUT2D eigenvalue weighted by Crippen LogP contribution is -2.66. The smallest absolute Gasteiger partial charge is 0.438 e. The van der Waals surface area contributed by atoms with Gasteiger partial charge in [-0.1, -0.05) is 0 Å². The number of rotatable bonds is 34. The standard InChI is InChI=1S/C32H52O34P4/c1-19(33)47-11-55-67(41,56-12-48-20(2)34)63-29-27(45-9)28(46-10)30(64-68(42,57-13-49-21(3)35)58-14-50-22(4)36)32(66-70(44,61-17-53-25(7)39)62-18-54-26(8)40)31(29)65-69(43,59-15-51-23(5)37)60-16-52-24(6)38/h27-32H,11-18H2,1-10H3/t27-,28+,29-,30-,31+,32+/m0/s1. The quantitative estimate of drug-likeness (QED) is 0.0386. The second-order valence-corrected chi connectivity index (χ2v) is 19.0. The van der Waals surface area contributed by atoms with Gasteiger partial charge in [0.25, 0.3) is 0 Å². The van der Waals surface area contributed by atoms with E-state index in [1.54, 1.807) is 0 Å². The minimum absolute atomic E-state index is 0.872. The third kappa shape index (κ3) is 25.5. The molecule has 0 aromatic heterocycles. The molecular formula is C32H52O34P4. The molecule has 1 fully saturated rings. The van der Waals surface area contributed by atoms with Gasteiger partial charge in [0.15, 0.2) is 0 Å². The SMILES string of the molecule is CO[C@@H]1[C@H](OC)[C@H](OP(=O)(OCOC(C)=O)OCOC(C)=O)[C@@H](OP(=O)(OCOC(C)=O)OCOC(C)=O)[C@H](OP(=O)(OCOC(C)=O)OCOC(C)=O)[C@H]1OP(=O)(OCOC(C)=O)OCOC(C)=O. The van der Waals surface area contributed by atoms with Crippen molar-refractivity contribution in [2.24, 2.45) is 0 Å². The van der Waals surface area contributed by atoms with Gasteiger partial charge in [0, 0.05) is 69.6 Å². The van der Waals surface area contributed by atoms with Gasteiger partial charge in [-0.25, -0.2) is 54.5 Å². The number of esters is 8. The average molecular weight is 1100 g/mol. The molecule has 0 aromatic rings. The molecular weight excluding hydrogens is 1050 g/mol. The van der Waals surface area contributed by atoms with Crippen molar-refractivity contribution in [3.8, 4) is 0 Å². The highest BCUT2D eigenvalue weighted by Gasteiger charge is 2.62. The molecule has 0 aliphatic heterocycles. The van der Waals surface area contributed by atoms with E-state index >= 15 is 0 Å². The van der Waals surface area contributed by atoms with Crippen LogP contribution >= 0.6 is 31.3 Å². The highest BCUT2D eigenvalue weighted by molar-refractivity contribution is 7.49. The Hall–Kier alpha value is -3.88. The molecule has 0 radical (unpaired) electrons. The molecule has 38 heteroatoms. The number of methoxy groups -OCH3 is 2. The molecule has 70 heavy (non-hydrogen) atoms. The summed E-state index contributed by atoms with van der Waals surface area (Å²) in [6.07, 6.45) is -14.6. The van der Waals surface area contributed by atoms with E-state index in [9.17, 15) is 56.6 Å². The van der Waals surface area contributed by atoms with Crippen LogP contribution in [0.3, 0.4) is 0 Å². The van der Waals surface area contributed by atoms with Crippen molar-refractivity contribution in [1.82, 2.24) is 0 Å². The fraction of sp³-hybridized carbons (Fsp3) is 0.750. The van der Waals surface area contributed by atoms with E-state index in [0.29, 0.717) is 0 Å². The molecule has 0 saturated heterocycles. The number of carbonyl (C=O) groups is 8. The Kier molecular flexibility index (Phi) is 28.9. The molecule has 0 bridgehead atoms. The summed E-state index contributed by atoms with van der Waals surface area (Å²) in [6, 6.07) is 0. The van der Waals surface area contributed by atoms with Gasteiger partial charge >= 0.3 is 79.0 Å². The Labute approximate surface area is 397 Å². The van der Waals surface area contributed by atoms with Crippen molar-refractivity contribution < 1.29 is 158 Å².